The lowest BCUT2D eigenvalue weighted by Crippen LogP contribution is -2.19. The second-order valence-electron chi connectivity index (χ2n) is 2.13. The minimum Gasteiger partial charge on any atom is -0.426 e. The molecule has 0 aromatic heterocycles. The zero-order valence-electron chi connectivity index (χ0n) is 6.29. The van der Waals surface area contributed by atoms with Crippen LogP contribution in [0.4, 0.5) is 0 Å². The van der Waals surface area contributed by atoms with Crippen LogP contribution in [-0.4, -0.2) is 12.5 Å². The predicted octanol–water partition coefficient (Wildman–Crippen LogP) is 1.20. The molecule has 0 fully saturated rings. The van der Waals surface area contributed by atoms with Crippen LogP contribution in [-0.2, 0) is 4.79 Å². The van der Waals surface area contributed by atoms with E-state index in [9.17, 15) is 4.79 Å². The zero-order chi connectivity index (χ0) is 8.97. The fourth-order valence-corrected chi connectivity index (χ4v) is 0.802. The van der Waals surface area contributed by atoms with Gasteiger partial charge in [-0.25, -0.2) is 0 Å². The van der Waals surface area contributed by atoms with Crippen molar-refractivity contribution in [1.82, 2.24) is 0 Å². The van der Waals surface area contributed by atoms with E-state index in [1.807, 2.05) is 0 Å². The first-order valence-electron chi connectivity index (χ1n) is 3.38. The van der Waals surface area contributed by atoms with Gasteiger partial charge in [0, 0.05) is 5.02 Å². The number of carbonyl (C=O) groups excluding carboxylic acids is 1. The van der Waals surface area contributed by atoms with Crippen LogP contribution < -0.4 is 10.5 Å². The highest BCUT2D eigenvalue weighted by atomic mass is 35.5. The zero-order valence-corrected chi connectivity index (χ0v) is 7.04. The summed E-state index contributed by atoms with van der Waals surface area (Å²) in [6.07, 6.45) is 0. The lowest BCUT2D eigenvalue weighted by molar-refractivity contribution is -0.132. The Hall–Kier alpha value is -1.06. The molecular weight excluding hydrogens is 178 g/mol. The monoisotopic (exact) mass is 185 g/mol. The van der Waals surface area contributed by atoms with E-state index in [0.29, 0.717) is 10.8 Å². The first-order chi connectivity index (χ1) is 5.72. The topological polar surface area (TPSA) is 52.3 Å². The molecule has 1 aromatic carbocycles. The number of ether oxygens (including phenoxy) is 1. The van der Waals surface area contributed by atoms with Gasteiger partial charge in [0.15, 0.2) is 0 Å². The van der Waals surface area contributed by atoms with Crippen molar-refractivity contribution in [2.75, 3.05) is 6.54 Å². The number of halogens is 1. The average molecular weight is 186 g/mol. The summed E-state index contributed by atoms with van der Waals surface area (Å²) < 4.78 is 4.80. The van der Waals surface area contributed by atoms with Crippen molar-refractivity contribution in [2.24, 2.45) is 5.73 Å². The Morgan fingerprint density at radius 1 is 1.42 bits per heavy atom. The Balaban J connectivity index is 2.64. The van der Waals surface area contributed by atoms with Gasteiger partial charge in [-0.3, -0.25) is 4.79 Å². The van der Waals surface area contributed by atoms with Crippen LogP contribution in [0.3, 0.4) is 0 Å². The summed E-state index contributed by atoms with van der Waals surface area (Å²) >= 11 is 5.62. The molecule has 0 bridgehead atoms. The highest BCUT2D eigenvalue weighted by molar-refractivity contribution is 6.30. The fraction of sp³-hybridized carbons (Fsp3) is 0.125. The maximum Gasteiger partial charge on any atom is 0.325 e. The van der Waals surface area contributed by atoms with E-state index in [1.54, 1.807) is 24.3 Å². The molecule has 3 nitrogen and oxygen atoms in total. The van der Waals surface area contributed by atoms with Gasteiger partial charge in [0.05, 0.1) is 6.54 Å². The van der Waals surface area contributed by atoms with Crippen LogP contribution in [0.15, 0.2) is 24.3 Å². The summed E-state index contributed by atoms with van der Waals surface area (Å²) in [6, 6.07) is 6.49. The van der Waals surface area contributed by atoms with Crippen LogP contribution in [0.5, 0.6) is 5.75 Å². The number of hydrogen-bond acceptors (Lipinski definition) is 3. The van der Waals surface area contributed by atoms with Crippen molar-refractivity contribution < 1.29 is 9.53 Å². The molecule has 0 amide bonds. The van der Waals surface area contributed by atoms with E-state index in [1.165, 1.54) is 0 Å². The Morgan fingerprint density at radius 2 is 2.00 bits per heavy atom. The van der Waals surface area contributed by atoms with E-state index in [4.69, 9.17) is 22.1 Å². The van der Waals surface area contributed by atoms with Gasteiger partial charge < -0.3 is 10.5 Å². The summed E-state index contributed by atoms with van der Waals surface area (Å²) in [5.41, 5.74) is 5.05. The van der Waals surface area contributed by atoms with E-state index in [-0.39, 0.29) is 6.54 Å². The molecule has 0 heterocycles. The molecular formula is C8H8ClNO2. The van der Waals surface area contributed by atoms with E-state index in [0.717, 1.165) is 0 Å². The number of benzene rings is 1. The van der Waals surface area contributed by atoms with Gasteiger partial charge in [-0.05, 0) is 24.3 Å². The maximum atomic E-state index is 10.7. The molecule has 2 N–H and O–H groups in total. The second kappa shape index (κ2) is 4.09. The molecule has 0 saturated heterocycles. The van der Waals surface area contributed by atoms with E-state index >= 15 is 0 Å². The molecule has 12 heavy (non-hydrogen) atoms. The van der Waals surface area contributed by atoms with Crippen molar-refractivity contribution in [2.45, 2.75) is 0 Å². The molecule has 0 aliphatic carbocycles. The van der Waals surface area contributed by atoms with Gasteiger partial charge in [0.25, 0.3) is 0 Å². The third-order valence-corrected chi connectivity index (χ3v) is 1.46. The van der Waals surface area contributed by atoms with E-state index < -0.39 is 5.97 Å². The van der Waals surface area contributed by atoms with Gasteiger partial charge in [-0.1, -0.05) is 11.6 Å². The molecule has 64 valence electrons. The first-order valence-corrected chi connectivity index (χ1v) is 3.76. The van der Waals surface area contributed by atoms with Crippen molar-refractivity contribution in [3.63, 3.8) is 0 Å². The Morgan fingerprint density at radius 3 is 2.50 bits per heavy atom. The van der Waals surface area contributed by atoms with Gasteiger partial charge >= 0.3 is 5.97 Å². The van der Waals surface area contributed by atoms with Crippen LogP contribution in [0.25, 0.3) is 0 Å². The molecule has 0 spiro atoms. The van der Waals surface area contributed by atoms with Crippen LogP contribution in [0, 0.1) is 0 Å². The minimum absolute atomic E-state index is 0.122. The quantitative estimate of drug-likeness (QED) is 0.557. The lowest BCUT2D eigenvalue weighted by Gasteiger charge is -2.00. The predicted molar refractivity (Wildman–Crippen MR) is 46.1 cm³/mol. The van der Waals surface area contributed by atoms with Crippen molar-refractivity contribution in [3.8, 4) is 5.75 Å². The lowest BCUT2D eigenvalue weighted by atomic mass is 10.3. The van der Waals surface area contributed by atoms with Crippen LogP contribution >= 0.6 is 11.6 Å². The molecule has 0 atom stereocenters. The summed E-state index contributed by atoms with van der Waals surface area (Å²) in [5.74, 6) is -0.00725. The molecule has 0 aliphatic rings. The molecule has 1 aromatic rings. The summed E-state index contributed by atoms with van der Waals surface area (Å²) in [7, 11) is 0. The minimum atomic E-state index is -0.461. The highest BCUT2D eigenvalue weighted by Gasteiger charge is 2.00. The number of esters is 1. The van der Waals surface area contributed by atoms with Gasteiger partial charge in [0.1, 0.15) is 5.75 Å². The summed E-state index contributed by atoms with van der Waals surface area (Å²) in [4.78, 5) is 10.7. The normalized spacial score (nSPS) is 9.50. The number of rotatable bonds is 2. The number of nitrogens with two attached hydrogens (primary N) is 1. The Kier molecular flexibility index (Phi) is 3.08. The Labute approximate surface area is 75.1 Å². The van der Waals surface area contributed by atoms with Gasteiger partial charge in [0.2, 0.25) is 0 Å². The SMILES string of the molecule is NCC(=O)Oc1ccc(Cl)cc1. The summed E-state index contributed by atoms with van der Waals surface area (Å²) in [5, 5.41) is 0.600. The molecule has 4 heteroatoms. The molecule has 0 radical (unpaired) electrons. The summed E-state index contributed by atoms with van der Waals surface area (Å²) in [6.45, 7) is -0.122. The van der Waals surface area contributed by atoms with Crippen molar-refractivity contribution >= 4 is 17.6 Å². The number of hydrogen-bond donors (Lipinski definition) is 1. The molecule has 0 saturated carbocycles. The van der Waals surface area contributed by atoms with Crippen LogP contribution in [0.2, 0.25) is 5.02 Å². The smallest absolute Gasteiger partial charge is 0.325 e. The molecule has 0 aliphatic heterocycles. The van der Waals surface area contributed by atoms with Crippen LogP contribution in [0.1, 0.15) is 0 Å². The third-order valence-electron chi connectivity index (χ3n) is 1.21. The second-order valence-corrected chi connectivity index (χ2v) is 2.57. The molecule has 1 rings (SSSR count). The van der Waals surface area contributed by atoms with Gasteiger partial charge in [-0.2, -0.15) is 0 Å². The Bertz CT molecular complexity index is 271. The number of carbonyl (C=O) groups is 1. The van der Waals surface area contributed by atoms with Crippen molar-refractivity contribution in [1.29, 1.82) is 0 Å². The standard InChI is InChI=1S/C8H8ClNO2/c9-6-1-3-7(4-2-6)12-8(11)5-10/h1-4H,5,10H2. The average Bonchev–Trinajstić information content (AvgIpc) is 2.09. The first kappa shape index (κ1) is 9.03. The van der Waals surface area contributed by atoms with Crippen molar-refractivity contribution in [3.05, 3.63) is 29.3 Å². The van der Waals surface area contributed by atoms with E-state index in [2.05, 4.69) is 0 Å². The maximum absolute atomic E-state index is 10.7. The third kappa shape index (κ3) is 2.53. The highest BCUT2D eigenvalue weighted by Crippen LogP contribution is 2.15. The largest absolute Gasteiger partial charge is 0.426 e. The fourth-order valence-electron chi connectivity index (χ4n) is 0.676. The molecule has 0 unspecified atom stereocenters. The van der Waals surface area contributed by atoms with Gasteiger partial charge in [-0.15, -0.1) is 0 Å².